The average molecular weight is 256 g/mol. The van der Waals surface area contributed by atoms with E-state index in [1.807, 2.05) is 0 Å². The molecular formula is C12H18BrN. The lowest BCUT2D eigenvalue weighted by atomic mass is 10.1. The van der Waals surface area contributed by atoms with Crippen LogP contribution >= 0.6 is 15.9 Å². The summed E-state index contributed by atoms with van der Waals surface area (Å²) in [5.74, 6) is 0. The van der Waals surface area contributed by atoms with Crippen LogP contribution in [0.25, 0.3) is 0 Å². The summed E-state index contributed by atoms with van der Waals surface area (Å²) in [5.41, 5.74) is 1.40. The largest absolute Gasteiger partial charge is 0.304 e. The highest BCUT2D eigenvalue weighted by Gasteiger charge is 2.01. The molecule has 0 bridgehead atoms. The van der Waals surface area contributed by atoms with Crippen molar-refractivity contribution in [2.24, 2.45) is 0 Å². The number of rotatable bonds is 5. The fraction of sp³-hybridized carbons (Fsp3) is 0.500. The summed E-state index contributed by atoms with van der Waals surface area (Å²) in [6.07, 6.45) is 1.13. The van der Waals surface area contributed by atoms with Gasteiger partial charge in [-0.3, -0.25) is 0 Å². The Morgan fingerprint density at radius 3 is 2.36 bits per heavy atom. The monoisotopic (exact) mass is 255 g/mol. The number of hydrogen-bond acceptors (Lipinski definition) is 1. The Morgan fingerprint density at radius 1 is 1.14 bits per heavy atom. The summed E-state index contributed by atoms with van der Waals surface area (Å²) in [5, 5.41) is 0. The number of halogens is 1. The molecular weight excluding hydrogens is 238 g/mol. The van der Waals surface area contributed by atoms with E-state index in [0.29, 0.717) is 0 Å². The second kappa shape index (κ2) is 6.20. The number of hydrogen-bond donors (Lipinski definition) is 0. The molecule has 1 aromatic carbocycles. The zero-order valence-electron chi connectivity index (χ0n) is 8.96. The lowest BCUT2D eigenvalue weighted by Crippen LogP contribution is -2.25. The van der Waals surface area contributed by atoms with Crippen molar-refractivity contribution in [2.45, 2.75) is 20.3 Å². The molecule has 0 saturated carbocycles. The lowest BCUT2D eigenvalue weighted by molar-refractivity contribution is 0.308. The predicted molar refractivity (Wildman–Crippen MR) is 65.6 cm³/mol. The van der Waals surface area contributed by atoms with E-state index in [1.165, 1.54) is 10.0 Å². The van der Waals surface area contributed by atoms with Gasteiger partial charge in [-0.2, -0.15) is 0 Å². The Bertz CT molecular complexity index is 269. The van der Waals surface area contributed by atoms with Gasteiger partial charge in [-0.15, -0.1) is 0 Å². The number of nitrogens with zero attached hydrogens (tertiary/aromatic N) is 1. The Hall–Kier alpha value is -0.340. The maximum Gasteiger partial charge on any atom is 0.0207 e. The second-order valence-electron chi connectivity index (χ2n) is 3.37. The maximum absolute atomic E-state index is 3.57. The molecule has 78 valence electrons. The summed E-state index contributed by atoms with van der Waals surface area (Å²) >= 11 is 3.57. The first-order chi connectivity index (χ1) is 6.77. The molecule has 1 nitrogen and oxygen atoms in total. The molecule has 0 aliphatic carbocycles. The van der Waals surface area contributed by atoms with Crippen molar-refractivity contribution in [3.8, 4) is 0 Å². The van der Waals surface area contributed by atoms with Gasteiger partial charge in [0.2, 0.25) is 0 Å². The molecule has 1 rings (SSSR count). The smallest absolute Gasteiger partial charge is 0.0207 e. The molecule has 0 saturated heterocycles. The lowest BCUT2D eigenvalue weighted by Gasteiger charge is -2.18. The van der Waals surface area contributed by atoms with Gasteiger partial charge in [0.25, 0.3) is 0 Å². The van der Waals surface area contributed by atoms with Gasteiger partial charge in [-0.25, -0.2) is 0 Å². The van der Waals surface area contributed by atoms with Crippen molar-refractivity contribution in [1.29, 1.82) is 0 Å². The molecule has 0 heterocycles. The summed E-state index contributed by atoms with van der Waals surface area (Å²) in [7, 11) is 0. The molecule has 0 atom stereocenters. The quantitative estimate of drug-likeness (QED) is 0.781. The third kappa shape index (κ3) is 3.43. The van der Waals surface area contributed by atoms with Gasteiger partial charge in [0, 0.05) is 11.0 Å². The minimum atomic E-state index is 1.13. The van der Waals surface area contributed by atoms with E-state index in [-0.39, 0.29) is 0 Å². The van der Waals surface area contributed by atoms with Gasteiger partial charge in [0.15, 0.2) is 0 Å². The highest BCUT2D eigenvalue weighted by molar-refractivity contribution is 9.10. The van der Waals surface area contributed by atoms with Crippen LogP contribution in [-0.4, -0.2) is 24.5 Å². The average Bonchev–Trinajstić information content (AvgIpc) is 2.22. The number of likely N-dealkylation sites (N-methyl/N-ethyl adjacent to an activating group) is 1. The molecule has 2 heteroatoms. The fourth-order valence-electron chi connectivity index (χ4n) is 1.52. The minimum Gasteiger partial charge on any atom is -0.304 e. The normalized spacial score (nSPS) is 10.9. The van der Waals surface area contributed by atoms with E-state index in [2.05, 4.69) is 58.9 Å². The molecule has 0 aromatic heterocycles. The van der Waals surface area contributed by atoms with Gasteiger partial charge in [0.05, 0.1) is 0 Å². The van der Waals surface area contributed by atoms with E-state index in [9.17, 15) is 0 Å². The van der Waals surface area contributed by atoms with Gasteiger partial charge >= 0.3 is 0 Å². The van der Waals surface area contributed by atoms with Crippen LogP contribution in [0, 0.1) is 0 Å². The SMILES string of the molecule is CCN(CC)CCc1ccccc1Br. The van der Waals surface area contributed by atoms with E-state index >= 15 is 0 Å². The van der Waals surface area contributed by atoms with Crippen molar-refractivity contribution >= 4 is 15.9 Å². The Labute approximate surface area is 95.2 Å². The van der Waals surface area contributed by atoms with Crippen LogP contribution in [0.1, 0.15) is 19.4 Å². The predicted octanol–water partition coefficient (Wildman–Crippen LogP) is 3.33. The first kappa shape index (κ1) is 11.7. The first-order valence-corrected chi connectivity index (χ1v) is 6.03. The maximum atomic E-state index is 3.57. The van der Waals surface area contributed by atoms with Crippen molar-refractivity contribution in [1.82, 2.24) is 4.90 Å². The topological polar surface area (TPSA) is 3.24 Å². The van der Waals surface area contributed by atoms with Gasteiger partial charge in [-0.05, 0) is 31.1 Å². The molecule has 0 radical (unpaired) electrons. The zero-order valence-corrected chi connectivity index (χ0v) is 10.5. The molecule has 0 aliphatic heterocycles. The molecule has 0 unspecified atom stereocenters. The standard InChI is InChI=1S/C12H18BrN/c1-3-14(4-2)10-9-11-7-5-6-8-12(11)13/h5-8H,3-4,9-10H2,1-2H3. The van der Waals surface area contributed by atoms with Crippen LogP contribution < -0.4 is 0 Å². The summed E-state index contributed by atoms with van der Waals surface area (Å²) in [6, 6.07) is 8.46. The van der Waals surface area contributed by atoms with Gasteiger partial charge in [0.1, 0.15) is 0 Å². The van der Waals surface area contributed by atoms with E-state index in [1.54, 1.807) is 0 Å². The summed E-state index contributed by atoms with van der Waals surface area (Å²) < 4.78 is 1.23. The third-order valence-corrected chi connectivity index (χ3v) is 3.32. The van der Waals surface area contributed by atoms with E-state index in [4.69, 9.17) is 0 Å². The van der Waals surface area contributed by atoms with Crippen molar-refractivity contribution in [3.63, 3.8) is 0 Å². The zero-order chi connectivity index (χ0) is 10.4. The molecule has 0 spiro atoms. The Balaban J connectivity index is 2.49. The van der Waals surface area contributed by atoms with E-state index < -0.39 is 0 Å². The fourth-order valence-corrected chi connectivity index (χ4v) is 2.00. The Kier molecular flexibility index (Phi) is 5.20. The summed E-state index contributed by atoms with van der Waals surface area (Å²) in [6.45, 7) is 7.85. The highest BCUT2D eigenvalue weighted by Crippen LogP contribution is 2.16. The van der Waals surface area contributed by atoms with Crippen LogP contribution in [0.5, 0.6) is 0 Å². The van der Waals surface area contributed by atoms with Gasteiger partial charge in [-0.1, -0.05) is 48.0 Å². The van der Waals surface area contributed by atoms with Crippen LogP contribution in [0.3, 0.4) is 0 Å². The highest BCUT2D eigenvalue weighted by atomic mass is 79.9. The summed E-state index contributed by atoms with van der Waals surface area (Å²) in [4.78, 5) is 2.44. The van der Waals surface area contributed by atoms with Crippen molar-refractivity contribution in [3.05, 3.63) is 34.3 Å². The van der Waals surface area contributed by atoms with Crippen molar-refractivity contribution < 1.29 is 0 Å². The van der Waals surface area contributed by atoms with Gasteiger partial charge < -0.3 is 4.90 Å². The molecule has 1 aromatic rings. The first-order valence-electron chi connectivity index (χ1n) is 5.23. The van der Waals surface area contributed by atoms with Crippen LogP contribution in [0.2, 0.25) is 0 Å². The molecule has 14 heavy (non-hydrogen) atoms. The molecule has 0 N–H and O–H groups in total. The molecule has 0 fully saturated rings. The Morgan fingerprint density at radius 2 is 1.79 bits per heavy atom. The molecule has 0 aliphatic rings. The van der Waals surface area contributed by atoms with E-state index in [0.717, 1.165) is 26.1 Å². The third-order valence-electron chi connectivity index (χ3n) is 2.55. The minimum absolute atomic E-state index is 1.13. The number of benzene rings is 1. The van der Waals surface area contributed by atoms with Crippen LogP contribution in [-0.2, 0) is 6.42 Å². The van der Waals surface area contributed by atoms with Crippen LogP contribution in [0.15, 0.2) is 28.7 Å². The van der Waals surface area contributed by atoms with Crippen molar-refractivity contribution in [2.75, 3.05) is 19.6 Å². The van der Waals surface area contributed by atoms with Crippen LogP contribution in [0.4, 0.5) is 0 Å². The molecule has 0 amide bonds. The second-order valence-corrected chi connectivity index (χ2v) is 4.22.